The van der Waals surface area contributed by atoms with E-state index in [-0.39, 0.29) is 63.9 Å². The van der Waals surface area contributed by atoms with Crippen LogP contribution in [-0.2, 0) is 19.2 Å². The van der Waals surface area contributed by atoms with Crippen molar-refractivity contribution in [1.29, 1.82) is 0 Å². The number of carboxylic acids is 5. The van der Waals surface area contributed by atoms with Gasteiger partial charge in [-0.3, -0.25) is 24.0 Å². The molecule has 4 aromatic rings. The fourth-order valence-electron chi connectivity index (χ4n) is 5.06. The molecule has 0 amide bonds. The van der Waals surface area contributed by atoms with Crippen molar-refractivity contribution in [1.82, 2.24) is 0 Å². The van der Waals surface area contributed by atoms with Gasteiger partial charge in [-0.1, -0.05) is 23.3 Å². The summed E-state index contributed by atoms with van der Waals surface area (Å²) in [6, 6.07) is 11.9. The maximum Gasteiger partial charge on any atom is 0.335 e. The number of ether oxygens (including phenoxy) is 2. The van der Waals surface area contributed by atoms with Crippen molar-refractivity contribution in [3.05, 3.63) is 87.5 Å². The van der Waals surface area contributed by atoms with Crippen LogP contribution in [0.2, 0.25) is 0 Å². The molecule has 52 heavy (non-hydrogen) atoms. The van der Waals surface area contributed by atoms with Crippen LogP contribution in [0, 0.1) is 6.92 Å². The second-order valence-corrected chi connectivity index (χ2v) is 11.0. The van der Waals surface area contributed by atoms with Gasteiger partial charge in [-0.05, 0) is 48.4 Å². The lowest BCUT2D eigenvalue weighted by Crippen LogP contribution is -2.35. The Labute approximate surface area is 292 Å². The first-order valence-electron chi connectivity index (χ1n) is 15.0. The summed E-state index contributed by atoms with van der Waals surface area (Å²) in [5.41, 5.74) is 9.56. The van der Waals surface area contributed by atoms with Crippen LogP contribution in [0.15, 0.2) is 64.1 Å². The summed E-state index contributed by atoms with van der Waals surface area (Å²) in [7, 11) is 0. The van der Waals surface area contributed by atoms with Gasteiger partial charge in [0.15, 0.2) is 5.76 Å². The minimum atomic E-state index is -1.40. The molecule has 1 heterocycles. The zero-order valence-electron chi connectivity index (χ0n) is 27.1. The molecule has 19 nitrogen and oxygen atoms in total. The molecule has 0 saturated carbocycles. The van der Waals surface area contributed by atoms with Gasteiger partial charge < -0.3 is 49.2 Å². The molecule has 5 N–H and O–H groups in total. The second-order valence-electron chi connectivity index (χ2n) is 11.0. The summed E-state index contributed by atoms with van der Waals surface area (Å²) < 4.78 is 17.5. The van der Waals surface area contributed by atoms with Crippen LogP contribution in [0.1, 0.15) is 32.0 Å². The summed E-state index contributed by atoms with van der Waals surface area (Å²) >= 11 is 0. The van der Waals surface area contributed by atoms with E-state index in [1.54, 1.807) is 19.1 Å². The molecule has 0 radical (unpaired) electrons. The third kappa shape index (κ3) is 9.24. The Bertz CT molecular complexity index is 2070. The van der Waals surface area contributed by atoms with Gasteiger partial charge in [0.1, 0.15) is 56.5 Å². The highest BCUT2D eigenvalue weighted by molar-refractivity contribution is 6.15. The third-order valence-electron chi connectivity index (χ3n) is 7.19. The molecule has 0 atom stereocenters. The fourth-order valence-corrected chi connectivity index (χ4v) is 5.06. The van der Waals surface area contributed by atoms with Gasteiger partial charge in [0.25, 0.3) is 0 Å². The van der Waals surface area contributed by atoms with Crippen molar-refractivity contribution in [3.8, 4) is 11.5 Å². The predicted molar refractivity (Wildman–Crippen MR) is 179 cm³/mol. The van der Waals surface area contributed by atoms with Gasteiger partial charge in [0.2, 0.25) is 5.78 Å². The first-order chi connectivity index (χ1) is 24.7. The van der Waals surface area contributed by atoms with E-state index >= 15 is 0 Å². The van der Waals surface area contributed by atoms with Gasteiger partial charge in [-0.15, -0.1) is 0 Å². The van der Waals surface area contributed by atoms with Crippen LogP contribution < -0.4 is 19.3 Å². The number of carbonyl (C=O) groups excluding carboxylic acids is 1. The average molecular weight is 720 g/mol. The standard InChI is InChI=1S/C33H29N5O14/c1-17-2-7-21(37(13-26(39)40)14-27(41)42)24(10-17)50-8-9-51-25-11-20-23(12-22(25)38(15-28(43)44)16-29(45)46)52-32(30(20)35-36-34)31(47)18-3-5-19(6-4-18)33(48)49/h2-7,10-12H,8-9,13-16H2,1H3,(H,39,40)(H,41,42)(H,43,44)(H,45,46)(H,48,49). The molecular formula is C33H29N5O14. The van der Waals surface area contributed by atoms with Gasteiger partial charge in [-0.25, -0.2) is 4.79 Å². The van der Waals surface area contributed by atoms with Crippen molar-refractivity contribution in [2.75, 3.05) is 49.2 Å². The Morgan fingerprint density at radius 1 is 0.712 bits per heavy atom. The second kappa shape index (κ2) is 16.4. The highest BCUT2D eigenvalue weighted by Crippen LogP contribution is 2.42. The molecule has 1 aromatic heterocycles. The number of anilines is 2. The molecule has 0 bridgehead atoms. The van der Waals surface area contributed by atoms with Gasteiger partial charge in [0.05, 0.1) is 22.6 Å². The van der Waals surface area contributed by atoms with Crippen LogP contribution in [0.3, 0.4) is 0 Å². The quantitative estimate of drug-likeness (QED) is 0.0300. The molecule has 0 aliphatic carbocycles. The Morgan fingerprint density at radius 3 is 1.71 bits per heavy atom. The number of azide groups is 1. The largest absolute Gasteiger partial charge is 0.488 e. The fraction of sp³-hybridized carbons (Fsp3) is 0.212. The number of fused-ring (bicyclic) bond motifs is 1. The van der Waals surface area contributed by atoms with E-state index in [1.807, 2.05) is 0 Å². The highest BCUT2D eigenvalue weighted by atomic mass is 16.5. The van der Waals surface area contributed by atoms with Crippen molar-refractivity contribution < 1.29 is 68.2 Å². The molecule has 4 rings (SSSR count). The molecule has 0 spiro atoms. The number of aromatic carboxylic acids is 1. The van der Waals surface area contributed by atoms with E-state index in [2.05, 4.69) is 10.0 Å². The number of furan rings is 1. The summed E-state index contributed by atoms with van der Waals surface area (Å²) in [5, 5.41) is 50.6. The van der Waals surface area contributed by atoms with Crippen LogP contribution in [0.5, 0.6) is 11.5 Å². The Hall–Kier alpha value is -7.27. The van der Waals surface area contributed by atoms with E-state index in [4.69, 9.17) is 13.9 Å². The SMILES string of the molecule is Cc1ccc(N(CC(=O)O)CC(=O)O)c(OCCOc2cc3c(N=[N+]=[N-])c(C(=O)c4ccc(C(=O)O)cc4)oc3cc2N(CC(=O)O)CC(=O)O)c1. The summed E-state index contributed by atoms with van der Waals surface area (Å²) in [4.78, 5) is 75.8. The maximum absolute atomic E-state index is 13.4. The van der Waals surface area contributed by atoms with Crippen LogP contribution >= 0.6 is 0 Å². The van der Waals surface area contributed by atoms with E-state index in [9.17, 15) is 59.8 Å². The van der Waals surface area contributed by atoms with Crippen molar-refractivity contribution in [2.45, 2.75) is 6.92 Å². The lowest BCUT2D eigenvalue weighted by molar-refractivity contribution is -0.138. The first-order valence-corrected chi connectivity index (χ1v) is 15.0. The number of benzene rings is 3. The number of aryl methyl sites for hydroxylation is 1. The van der Waals surface area contributed by atoms with Gasteiger partial charge in [-0.2, -0.15) is 0 Å². The molecule has 3 aromatic carbocycles. The molecule has 0 aliphatic heterocycles. The van der Waals surface area contributed by atoms with Crippen LogP contribution in [0.25, 0.3) is 21.4 Å². The number of ketones is 1. The minimum absolute atomic E-state index is 0.0209. The zero-order chi connectivity index (χ0) is 38.1. The summed E-state index contributed by atoms with van der Waals surface area (Å²) in [5.74, 6) is -7.86. The van der Waals surface area contributed by atoms with E-state index in [0.29, 0.717) is 5.56 Å². The number of nitrogens with zero attached hydrogens (tertiary/aromatic N) is 5. The smallest absolute Gasteiger partial charge is 0.335 e. The van der Waals surface area contributed by atoms with Crippen molar-refractivity contribution >= 4 is 63.7 Å². The average Bonchev–Trinajstić information content (AvgIpc) is 3.41. The number of rotatable bonds is 19. The zero-order valence-corrected chi connectivity index (χ0v) is 27.1. The Kier molecular flexibility index (Phi) is 11.9. The van der Waals surface area contributed by atoms with E-state index in [0.717, 1.165) is 9.80 Å². The van der Waals surface area contributed by atoms with Gasteiger partial charge >= 0.3 is 29.8 Å². The monoisotopic (exact) mass is 719 g/mol. The molecule has 270 valence electrons. The molecule has 0 saturated heterocycles. The van der Waals surface area contributed by atoms with Crippen LogP contribution in [-0.4, -0.2) is 101 Å². The lowest BCUT2D eigenvalue weighted by atomic mass is 10.1. The number of hydrogen-bond donors (Lipinski definition) is 5. The third-order valence-corrected chi connectivity index (χ3v) is 7.19. The van der Waals surface area contributed by atoms with Gasteiger partial charge in [0, 0.05) is 21.9 Å². The molecular weight excluding hydrogens is 690 g/mol. The molecule has 0 aliphatic rings. The van der Waals surface area contributed by atoms with Crippen molar-refractivity contribution in [3.63, 3.8) is 0 Å². The molecule has 0 unspecified atom stereocenters. The highest BCUT2D eigenvalue weighted by Gasteiger charge is 2.26. The Morgan fingerprint density at radius 2 is 1.21 bits per heavy atom. The van der Waals surface area contributed by atoms with E-state index in [1.165, 1.54) is 42.5 Å². The number of carbonyl (C=O) groups is 6. The maximum atomic E-state index is 13.4. The molecule has 19 heteroatoms. The normalized spacial score (nSPS) is 10.6. The number of hydrogen-bond acceptors (Lipinski definition) is 12. The van der Waals surface area contributed by atoms with Crippen LogP contribution in [0.4, 0.5) is 17.1 Å². The summed E-state index contributed by atoms with van der Waals surface area (Å²) in [6.07, 6.45) is 0. The summed E-state index contributed by atoms with van der Waals surface area (Å²) in [6.45, 7) is -1.74. The Balaban J connectivity index is 1.74. The predicted octanol–water partition coefficient (Wildman–Crippen LogP) is 4.02. The molecule has 0 fully saturated rings. The number of carboxylic acid groups (broad SMARTS) is 5. The van der Waals surface area contributed by atoms with Crippen molar-refractivity contribution in [2.24, 2.45) is 5.11 Å². The van der Waals surface area contributed by atoms with E-state index < -0.39 is 67.6 Å². The minimum Gasteiger partial charge on any atom is -0.488 e. The lowest BCUT2D eigenvalue weighted by Gasteiger charge is -2.25. The number of aliphatic carboxylic acids is 4. The first kappa shape index (κ1) is 37.5. The topological polar surface area (TPSA) is 290 Å².